The van der Waals surface area contributed by atoms with E-state index in [1.807, 2.05) is 18.2 Å². The fourth-order valence-corrected chi connectivity index (χ4v) is 4.62. The Morgan fingerprint density at radius 1 is 0.792 bits per heavy atom. The molecule has 0 aromatic heterocycles. The van der Waals surface area contributed by atoms with Gasteiger partial charge < -0.3 is 40.2 Å². The van der Waals surface area contributed by atoms with Gasteiger partial charge in [-0.25, -0.2) is 14.4 Å². The van der Waals surface area contributed by atoms with Crippen LogP contribution in [0.15, 0.2) is 91.5 Å². The van der Waals surface area contributed by atoms with Crippen LogP contribution < -0.4 is 26.0 Å². The fraction of sp³-hybridized carbons (Fsp3) is 0.324. The first kappa shape index (κ1) is 41.0. The summed E-state index contributed by atoms with van der Waals surface area (Å²) < 4.78 is 20.3. The summed E-state index contributed by atoms with van der Waals surface area (Å²) in [5.41, 5.74) is 1.58. The van der Waals surface area contributed by atoms with Crippen molar-refractivity contribution in [1.82, 2.24) is 16.0 Å². The van der Waals surface area contributed by atoms with Gasteiger partial charge in [0.1, 0.15) is 37.7 Å². The average Bonchev–Trinajstić information content (AvgIpc) is 3.14. The van der Waals surface area contributed by atoms with E-state index in [9.17, 15) is 34.1 Å². The molecule has 0 fully saturated rings. The summed E-state index contributed by atoms with van der Waals surface area (Å²) >= 11 is 0. The maximum Gasteiger partial charge on any atom is 0.514 e. The van der Waals surface area contributed by atoms with Crippen LogP contribution in [0.4, 0.5) is 25.8 Å². The second-order valence-electron chi connectivity index (χ2n) is 11.9. The number of hydrogen-bond acceptors (Lipinski definition) is 11. The van der Waals surface area contributed by atoms with E-state index in [4.69, 9.17) is 18.9 Å². The van der Waals surface area contributed by atoms with Crippen molar-refractivity contribution in [1.29, 1.82) is 0 Å². The number of hydrogen-bond donors (Lipinski definition) is 4. The quantitative estimate of drug-likeness (QED) is 0.0221. The predicted molar refractivity (Wildman–Crippen MR) is 193 cm³/mol. The third-order valence-corrected chi connectivity index (χ3v) is 7.42. The number of amides is 4. The Morgan fingerprint density at radius 2 is 1.45 bits per heavy atom. The van der Waals surface area contributed by atoms with Crippen molar-refractivity contribution in [3.05, 3.63) is 113 Å². The molecule has 4 amide bonds. The van der Waals surface area contributed by atoms with Gasteiger partial charge in [0.15, 0.2) is 0 Å². The topological polar surface area (TPSA) is 214 Å². The SMILES string of the molecule is C=CCOC(=O)NCCCCC(NC(=O)[C@@H](NC(=O)OCc1ccccc1)C(C)C)C(=O)Nc1ccc(COC(=O)Oc2ccc([N+](=O)[O-])cc2)cc1. The molecule has 53 heavy (non-hydrogen) atoms. The molecule has 0 aliphatic carbocycles. The number of non-ortho nitro benzene ring substituents is 1. The lowest BCUT2D eigenvalue weighted by Crippen LogP contribution is -2.54. The molecular weight excluding hydrogens is 690 g/mol. The number of benzene rings is 3. The maximum atomic E-state index is 13.5. The van der Waals surface area contributed by atoms with Crippen LogP contribution >= 0.6 is 0 Å². The summed E-state index contributed by atoms with van der Waals surface area (Å²) in [6.45, 7) is 7.16. The molecule has 0 spiro atoms. The molecule has 0 saturated heterocycles. The van der Waals surface area contributed by atoms with Gasteiger partial charge in [-0.2, -0.15) is 0 Å². The molecule has 0 aliphatic heterocycles. The number of nitrogens with one attached hydrogen (secondary N) is 4. The van der Waals surface area contributed by atoms with E-state index in [0.29, 0.717) is 24.1 Å². The highest BCUT2D eigenvalue weighted by atomic mass is 16.7. The minimum Gasteiger partial charge on any atom is -0.445 e. The van der Waals surface area contributed by atoms with Crippen LogP contribution in [0.5, 0.6) is 5.75 Å². The summed E-state index contributed by atoms with van der Waals surface area (Å²) in [5.74, 6) is -1.39. The zero-order valence-electron chi connectivity index (χ0n) is 29.4. The first-order chi connectivity index (χ1) is 25.4. The van der Waals surface area contributed by atoms with Crippen LogP contribution in [0, 0.1) is 16.0 Å². The first-order valence-corrected chi connectivity index (χ1v) is 16.7. The minimum atomic E-state index is -1.02. The van der Waals surface area contributed by atoms with Gasteiger partial charge in [0, 0.05) is 24.4 Å². The van der Waals surface area contributed by atoms with Gasteiger partial charge in [-0.05, 0) is 60.6 Å². The van der Waals surface area contributed by atoms with Gasteiger partial charge in [0.2, 0.25) is 11.8 Å². The van der Waals surface area contributed by atoms with Crippen molar-refractivity contribution in [2.45, 2.75) is 58.4 Å². The molecule has 0 heterocycles. The molecule has 1 unspecified atom stereocenters. The second kappa shape index (κ2) is 21.7. The molecule has 16 nitrogen and oxygen atoms in total. The number of nitro benzene ring substituents is 1. The lowest BCUT2D eigenvalue weighted by Gasteiger charge is -2.25. The molecule has 3 aromatic carbocycles. The van der Waals surface area contributed by atoms with E-state index in [2.05, 4.69) is 27.8 Å². The number of unbranched alkanes of at least 4 members (excludes halogenated alkanes) is 1. The van der Waals surface area contributed by atoms with Gasteiger partial charge in [-0.15, -0.1) is 0 Å². The Morgan fingerprint density at radius 3 is 2.09 bits per heavy atom. The van der Waals surface area contributed by atoms with E-state index in [0.717, 1.165) is 5.56 Å². The molecule has 2 atom stereocenters. The highest BCUT2D eigenvalue weighted by Gasteiger charge is 2.29. The van der Waals surface area contributed by atoms with Crippen LogP contribution in [-0.2, 0) is 37.0 Å². The van der Waals surface area contributed by atoms with Crippen molar-refractivity contribution in [3.8, 4) is 5.75 Å². The third kappa shape index (κ3) is 15.1. The number of alkyl carbamates (subject to hydrolysis) is 2. The van der Waals surface area contributed by atoms with Gasteiger partial charge in [-0.1, -0.05) is 69.0 Å². The molecule has 3 aromatic rings. The molecule has 16 heteroatoms. The predicted octanol–water partition coefficient (Wildman–Crippen LogP) is 5.77. The zero-order valence-corrected chi connectivity index (χ0v) is 29.4. The summed E-state index contributed by atoms with van der Waals surface area (Å²) in [5, 5.41) is 21.5. The van der Waals surface area contributed by atoms with Crippen LogP contribution in [0.3, 0.4) is 0 Å². The maximum absolute atomic E-state index is 13.5. The molecule has 282 valence electrons. The van der Waals surface area contributed by atoms with Gasteiger partial charge in [-0.3, -0.25) is 19.7 Å². The Kier molecular flexibility index (Phi) is 16.8. The molecule has 0 saturated carbocycles. The van der Waals surface area contributed by atoms with Crippen molar-refractivity contribution in [2.24, 2.45) is 5.92 Å². The van der Waals surface area contributed by atoms with E-state index in [1.54, 1.807) is 50.2 Å². The van der Waals surface area contributed by atoms with Crippen molar-refractivity contribution < 1.29 is 47.8 Å². The van der Waals surface area contributed by atoms with Gasteiger partial charge in [0.05, 0.1) is 4.92 Å². The third-order valence-electron chi connectivity index (χ3n) is 7.42. The number of rotatable bonds is 19. The summed E-state index contributed by atoms with van der Waals surface area (Å²) in [6.07, 6.45) is 0.143. The van der Waals surface area contributed by atoms with Crippen molar-refractivity contribution in [2.75, 3.05) is 18.5 Å². The number of nitro groups is 1. The molecule has 3 rings (SSSR count). The van der Waals surface area contributed by atoms with Crippen LogP contribution in [0.2, 0.25) is 0 Å². The monoisotopic (exact) mass is 733 g/mol. The van der Waals surface area contributed by atoms with Crippen LogP contribution in [-0.4, -0.2) is 60.3 Å². The lowest BCUT2D eigenvalue weighted by molar-refractivity contribution is -0.384. The summed E-state index contributed by atoms with van der Waals surface area (Å²) in [6, 6.07) is 18.3. The smallest absolute Gasteiger partial charge is 0.445 e. The fourth-order valence-electron chi connectivity index (χ4n) is 4.62. The normalized spacial score (nSPS) is 11.6. The summed E-state index contributed by atoms with van der Waals surface area (Å²) in [7, 11) is 0. The lowest BCUT2D eigenvalue weighted by atomic mass is 10.0. The molecule has 4 N–H and O–H groups in total. The summed E-state index contributed by atoms with van der Waals surface area (Å²) in [4.78, 5) is 73.5. The molecule has 0 radical (unpaired) electrons. The Hall–Kier alpha value is -6.45. The first-order valence-electron chi connectivity index (χ1n) is 16.7. The van der Waals surface area contributed by atoms with E-state index < -0.39 is 47.2 Å². The van der Waals surface area contributed by atoms with Crippen molar-refractivity contribution >= 4 is 41.5 Å². The van der Waals surface area contributed by atoms with E-state index >= 15 is 0 Å². The standard InChI is InChI=1S/C37H43N5O11/c1-4-22-50-35(45)38-21-9-8-12-31(40-34(44)32(25(2)3)41-36(46)51-23-26-10-6-5-7-11-26)33(43)39-28-15-13-27(14-16-28)24-52-37(47)53-30-19-17-29(18-20-30)42(48)49/h4-7,10-11,13-20,25,31-32H,1,8-9,12,21-24H2,2-3H3,(H,38,45)(H,39,43)(H,40,44)(H,41,46)/t31?,32-/m0/s1. The average molecular weight is 734 g/mol. The largest absolute Gasteiger partial charge is 0.514 e. The van der Waals surface area contributed by atoms with Gasteiger partial charge >= 0.3 is 18.3 Å². The highest BCUT2D eigenvalue weighted by molar-refractivity contribution is 5.98. The Labute approximate surface area is 306 Å². The Balaban J connectivity index is 1.59. The highest BCUT2D eigenvalue weighted by Crippen LogP contribution is 2.18. The number of carbonyl (C=O) groups excluding carboxylic acids is 5. The molecular formula is C37H43N5O11. The Bertz CT molecular complexity index is 1680. The van der Waals surface area contributed by atoms with E-state index in [-0.39, 0.29) is 50.1 Å². The number of nitrogens with zero attached hydrogens (tertiary/aromatic N) is 1. The molecule has 0 aliphatic rings. The van der Waals surface area contributed by atoms with Crippen LogP contribution in [0.25, 0.3) is 0 Å². The van der Waals surface area contributed by atoms with Gasteiger partial charge in [0.25, 0.3) is 5.69 Å². The number of ether oxygens (including phenoxy) is 4. The van der Waals surface area contributed by atoms with Crippen molar-refractivity contribution in [3.63, 3.8) is 0 Å². The van der Waals surface area contributed by atoms with E-state index in [1.165, 1.54) is 30.3 Å². The second-order valence-corrected chi connectivity index (χ2v) is 11.9. The number of anilines is 1. The zero-order chi connectivity index (χ0) is 38.6. The minimum absolute atomic E-state index is 0.0104. The van der Waals surface area contributed by atoms with Crippen LogP contribution in [0.1, 0.15) is 44.2 Å². The molecule has 0 bridgehead atoms. The number of carbonyl (C=O) groups is 5.